The van der Waals surface area contributed by atoms with Crippen molar-refractivity contribution >= 4 is 0 Å². The summed E-state index contributed by atoms with van der Waals surface area (Å²) in [4.78, 5) is 0. The summed E-state index contributed by atoms with van der Waals surface area (Å²) in [6.45, 7) is 6.13. The Kier molecular flexibility index (Phi) is 3.34. The quantitative estimate of drug-likeness (QED) is 0.673. The van der Waals surface area contributed by atoms with Gasteiger partial charge in [-0.3, -0.25) is 5.32 Å². The van der Waals surface area contributed by atoms with E-state index in [4.69, 9.17) is 4.74 Å². The largest absolute Gasteiger partial charge is 0.364 e. The van der Waals surface area contributed by atoms with Crippen LogP contribution in [0.3, 0.4) is 0 Å². The fourth-order valence-corrected chi connectivity index (χ4v) is 1.90. The smallest absolute Gasteiger partial charge is 0.0971 e. The van der Waals surface area contributed by atoms with Crippen molar-refractivity contribution in [1.29, 1.82) is 0 Å². The molecule has 0 aromatic heterocycles. The third-order valence-corrected chi connectivity index (χ3v) is 2.38. The second kappa shape index (κ2) is 4.07. The van der Waals surface area contributed by atoms with Crippen LogP contribution in [0, 0.1) is 0 Å². The monoisotopic (exact) mass is 157 g/mol. The molecule has 0 aliphatic carbocycles. The van der Waals surface area contributed by atoms with E-state index in [1.54, 1.807) is 0 Å². The van der Waals surface area contributed by atoms with Crippen molar-refractivity contribution < 1.29 is 4.74 Å². The van der Waals surface area contributed by atoms with Crippen molar-refractivity contribution in [3.8, 4) is 0 Å². The first-order valence-electron chi connectivity index (χ1n) is 4.66. The highest BCUT2D eigenvalue weighted by atomic mass is 16.5. The fourth-order valence-electron chi connectivity index (χ4n) is 1.90. The van der Waals surface area contributed by atoms with Crippen LogP contribution in [0.1, 0.15) is 39.5 Å². The summed E-state index contributed by atoms with van der Waals surface area (Å²) in [6.07, 6.45) is 4.99. The van der Waals surface area contributed by atoms with Gasteiger partial charge in [-0.25, -0.2) is 0 Å². The third-order valence-electron chi connectivity index (χ3n) is 2.38. The van der Waals surface area contributed by atoms with Gasteiger partial charge >= 0.3 is 0 Å². The Bertz CT molecular complexity index is 100. The second-order valence-electron chi connectivity index (χ2n) is 3.45. The van der Waals surface area contributed by atoms with Crippen LogP contribution in [-0.2, 0) is 4.74 Å². The molecule has 1 fully saturated rings. The van der Waals surface area contributed by atoms with E-state index in [0.29, 0.717) is 5.54 Å². The number of rotatable bonds is 4. The van der Waals surface area contributed by atoms with Crippen molar-refractivity contribution in [1.82, 2.24) is 5.32 Å². The molecule has 2 nitrogen and oxygen atoms in total. The first-order valence-corrected chi connectivity index (χ1v) is 4.66. The molecular weight excluding hydrogens is 138 g/mol. The highest BCUT2D eigenvalue weighted by molar-refractivity contribution is 4.89. The molecule has 0 spiro atoms. The van der Waals surface area contributed by atoms with E-state index in [2.05, 4.69) is 19.2 Å². The molecule has 1 N–H and O–H groups in total. The molecule has 0 aromatic rings. The highest BCUT2D eigenvalue weighted by Crippen LogP contribution is 2.23. The molecule has 1 saturated heterocycles. The van der Waals surface area contributed by atoms with Crippen LogP contribution in [0.15, 0.2) is 0 Å². The molecule has 1 aliphatic heterocycles. The van der Waals surface area contributed by atoms with E-state index < -0.39 is 0 Å². The number of ether oxygens (including phenoxy) is 1. The summed E-state index contributed by atoms with van der Waals surface area (Å²) < 4.78 is 5.35. The molecule has 66 valence electrons. The van der Waals surface area contributed by atoms with Crippen molar-refractivity contribution in [3.05, 3.63) is 0 Å². The molecule has 1 heterocycles. The molecule has 11 heavy (non-hydrogen) atoms. The first-order chi connectivity index (χ1) is 5.33. The normalized spacial score (nSPS) is 22.4. The molecule has 1 aliphatic rings. The summed E-state index contributed by atoms with van der Waals surface area (Å²) in [6, 6.07) is 0. The summed E-state index contributed by atoms with van der Waals surface area (Å²) in [5, 5.41) is 3.45. The maximum Gasteiger partial charge on any atom is 0.0971 e. The molecule has 1 rings (SSSR count). The average Bonchev–Trinajstić information content (AvgIpc) is 2.39. The molecule has 0 aromatic carbocycles. The molecule has 0 amide bonds. The van der Waals surface area contributed by atoms with Gasteiger partial charge < -0.3 is 4.74 Å². The van der Waals surface area contributed by atoms with Crippen LogP contribution < -0.4 is 5.32 Å². The lowest BCUT2D eigenvalue weighted by molar-refractivity contribution is 0.170. The Morgan fingerprint density at radius 2 is 1.91 bits per heavy atom. The van der Waals surface area contributed by atoms with Gasteiger partial charge in [-0.1, -0.05) is 26.7 Å². The summed E-state index contributed by atoms with van der Waals surface area (Å²) in [5.74, 6) is 0. The molecule has 2 heteroatoms. The van der Waals surface area contributed by atoms with Crippen LogP contribution in [0.4, 0.5) is 0 Å². The Hall–Kier alpha value is -0.0800. The minimum Gasteiger partial charge on any atom is -0.364 e. The van der Waals surface area contributed by atoms with E-state index in [-0.39, 0.29) is 0 Å². The standard InChI is InChI=1S/C9H19NO/c1-3-5-9(6-4-2)7-11-8-10-9/h10H,3-8H2,1-2H3. The van der Waals surface area contributed by atoms with Crippen molar-refractivity contribution in [2.45, 2.75) is 45.1 Å². The average molecular weight is 157 g/mol. The predicted molar refractivity (Wildman–Crippen MR) is 46.5 cm³/mol. The van der Waals surface area contributed by atoms with Gasteiger partial charge in [0.2, 0.25) is 0 Å². The molecule has 0 atom stereocenters. The van der Waals surface area contributed by atoms with Crippen molar-refractivity contribution in [2.24, 2.45) is 0 Å². The van der Waals surface area contributed by atoms with E-state index in [1.165, 1.54) is 25.7 Å². The van der Waals surface area contributed by atoms with Crippen LogP contribution in [-0.4, -0.2) is 18.9 Å². The van der Waals surface area contributed by atoms with Crippen LogP contribution in [0.25, 0.3) is 0 Å². The van der Waals surface area contributed by atoms with E-state index in [0.717, 1.165) is 13.3 Å². The number of hydrogen-bond acceptors (Lipinski definition) is 2. The van der Waals surface area contributed by atoms with Crippen LogP contribution >= 0.6 is 0 Å². The fraction of sp³-hybridized carbons (Fsp3) is 1.00. The number of nitrogens with one attached hydrogen (secondary N) is 1. The minimum absolute atomic E-state index is 0.323. The first kappa shape index (κ1) is 9.01. The Balaban J connectivity index is 2.40. The Labute approximate surface area is 69.3 Å². The lowest BCUT2D eigenvalue weighted by atomic mass is 9.90. The maximum absolute atomic E-state index is 5.35. The van der Waals surface area contributed by atoms with Gasteiger partial charge in [-0.05, 0) is 12.8 Å². The Morgan fingerprint density at radius 1 is 1.27 bits per heavy atom. The van der Waals surface area contributed by atoms with Crippen LogP contribution in [0.2, 0.25) is 0 Å². The zero-order chi connectivity index (χ0) is 8.16. The van der Waals surface area contributed by atoms with Gasteiger partial charge in [-0.2, -0.15) is 0 Å². The van der Waals surface area contributed by atoms with E-state index in [1.807, 2.05) is 0 Å². The number of hydrogen-bond donors (Lipinski definition) is 1. The summed E-state index contributed by atoms with van der Waals surface area (Å²) in [5.41, 5.74) is 0.323. The van der Waals surface area contributed by atoms with E-state index >= 15 is 0 Å². The van der Waals surface area contributed by atoms with Gasteiger partial charge in [0.25, 0.3) is 0 Å². The van der Waals surface area contributed by atoms with Crippen LogP contribution in [0.5, 0.6) is 0 Å². The molecular formula is C9H19NO. The maximum atomic E-state index is 5.35. The van der Waals surface area contributed by atoms with E-state index in [9.17, 15) is 0 Å². The summed E-state index contributed by atoms with van der Waals surface area (Å²) in [7, 11) is 0. The van der Waals surface area contributed by atoms with Gasteiger partial charge in [0.1, 0.15) is 0 Å². The highest BCUT2D eigenvalue weighted by Gasteiger charge is 2.31. The second-order valence-corrected chi connectivity index (χ2v) is 3.45. The SMILES string of the molecule is CCCC1(CCC)COCN1. The minimum atomic E-state index is 0.323. The Morgan fingerprint density at radius 3 is 2.27 bits per heavy atom. The molecule has 0 saturated carbocycles. The van der Waals surface area contributed by atoms with Gasteiger partial charge in [0, 0.05) is 5.54 Å². The predicted octanol–water partition coefficient (Wildman–Crippen LogP) is 1.90. The zero-order valence-corrected chi connectivity index (χ0v) is 7.65. The van der Waals surface area contributed by atoms with Crippen molar-refractivity contribution in [3.63, 3.8) is 0 Å². The van der Waals surface area contributed by atoms with Gasteiger partial charge in [-0.15, -0.1) is 0 Å². The molecule has 0 radical (unpaired) electrons. The zero-order valence-electron chi connectivity index (χ0n) is 7.65. The van der Waals surface area contributed by atoms with Gasteiger partial charge in [0.05, 0.1) is 13.3 Å². The lowest BCUT2D eigenvalue weighted by Crippen LogP contribution is -2.41. The van der Waals surface area contributed by atoms with Gasteiger partial charge in [0.15, 0.2) is 0 Å². The topological polar surface area (TPSA) is 21.3 Å². The van der Waals surface area contributed by atoms with Crippen molar-refractivity contribution in [2.75, 3.05) is 13.3 Å². The third kappa shape index (κ3) is 2.17. The lowest BCUT2D eigenvalue weighted by Gasteiger charge is -2.26. The molecule has 0 bridgehead atoms. The molecule has 0 unspecified atom stereocenters. The summed E-state index contributed by atoms with van der Waals surface area (Å²) >= 11 is 0.